The maximum atomic E-state index is 12.2. The lowest BCUT2D eigenvalue weighted by atomic mass is 10.0. The molecule has 2 aromatic rings. The number of hydrogen-bond acceptors (Lipinski definition) is 2. The Morgan fingerprint density at radius 3 is 2.76 bits per heavy atom. The highest BCUT2D eigenvalue weighted by atomic mass is 16.2. The molecule has 0 bridgehead atoms. The number of aryl methyl sites for hydroxylation is 1. The van der Waals surface area contributed by atoms with Crippen LogP contribution in [0, 0.1) is 6.92 Å². The van der Waals surface area contributed by atoms with Crippen LogP contribution in [-0.2, 0) is 4.79 Å². The van der Waals surface area contributed by atoms with E-state index in [1.807, 2.05) is 44.2 Å². The summed E-state index contributed by atoms with van der Waals surface area (Å²) >= 11 is 0. The SMILES string of the molecule is Cc1cccc(C(=O)Nc2ccc3c(c2)C(C)C(=O)N3)c1. The Morgan fingerprint density at radius 2 is 2.00 bits per heavy atom. The van der Waals surface area contributed by atoms with Crippen molar-refractivity contribution < 1.29 is 9.59 Å². The first-order valence-corrected chi connectivity index (χ1v) is 6.87. The van der Waals surface area contributed by atoms with Gasteiger partial charge in [-0.15, -0.1) is 0 Å². The van der Waals surface area contributed by atoms with Crippen LogP contribution in [0.5, 0.6) is 0 Å². The second kappa shape index (κ2) is 5.05. The van der Waals surface area contributed by atoms with Crippen LogP contribution in [0.2, 0.25) is 0 Å². The lowest BCUT2D eigenvalue weighted by Crippen LogP contribution is -2.12. The first-order valence-electron chi connectivity index (χ1n) is 6.87. The molecular formula is C17H16N2O2. The smallest absolute Gasteiger partial charge is 0.255 e. The Kier molecular flexibility index (Phi) is 3.22. The van der Waals surface area contributed by atoms with E-state index in [2.05, 4.69) is 10.6 Å². The Hall–Kier alpha value is -2.62. The highest BCUT2D eigenvalue weighted by Crippen LogP contribution is 2.34. The van der Waals surface area contributed by atoms with Gasteiger partial charge < -0.3 is 10.6 Å². The number of rotatable bonds is 2. The molecule has 0 aromatic heterocycles. The fraction of sp³-hybridized carbons (Fsp3) is 0.176. The summed E-state index contributed by atoms with van der Waals surface area (Å²) < 4.78 is 0. The predicted molar refractivity (Wildman–Crippen MR) is 82.6 cm³/mol. The molecule has 1 atom stereocenters. The van der Waals surface area contributed by atoms with Gasteiger partial charge in [0.2, 0.25) is 5.91 Å². The molecule has 2 aromatic carbocycles. The number of nitrogens with one attached hydrogen (secondary N) is 2. The summed E-state index contributed by atoms with van der Waals surface area (Å²) in [4.78, 5) is 23.8. The van der Waals surface area contributed by atoms with Gasteiger partial charge >= 0.3 is 0 Å². The van der Waals surface area contributed by atoms with Crippen molar-refractivity contribution in [1.29, 1.82) is 0 Å². The van der Waals surface area contributed by atoms with Gasteiger partial charge in [-0.25, -0.2) is 0 Å². The molecule has 1 unspecified atom stereocenters. The molecule has 0 saturated heterocycles. The van der Waals surface area contributed by atoms with E-state index in [1.165, 1.54) is 0 Å². The molecule has 4 nitrogen and oxygen atoms in total. The van der Waals surface area contributed by atoms with Gasteiger partial charge in [-0.3, -0.25) is 9.59 Å². The molecule has 0 saturated carbocycles. The normalized spacial score (nSPS) is 16.3. The highest BCUT2D eigenvalue weighted by Gasteiger charge is 2.26. The Bertz CT molecular complexity index is 737. The van der Waals surface area contributed by atoms with Gasteiger partial charge in [0.05, 0.1) is 5.92 Å². The van der Waals surface area contributed by atoms with Crippen molar-refractivity contribution in [3.8, 4) is 0 Å². The zero-order valence-electron chi connectivity index (χ0n) is 11.9. The largest absolute Gasteiger partial charge is 0.325 e. The topological polar surface area (TPSA) is 58.2 Å². The number of benzene rings is 2. The minimum absolute atomic E-state index is 0.00726. The van der Waals surface area contributed by atoms with Crippen LogP contribution in [0.15, 0.2) is 42.5 Å². The highest BCUT2D eigenvalue weighted by molar-refractivity contribution is 6.06. The fourth-order valence-corrected chi connectivity index (χ4v) is 2.48. The van der Waals surface area contributed by atoms with Crippen LogP contribution < -0.4 is 10.6 Å². The number of hydrogen-bond donors (Lipinski definition) is 2. The van der Waals surface area contributed by atoms with Gasteiger partial charge in [-0.2, -0.15) is 0 Å². The van der Waals surface area contributed by atoms with Crippen molar-refractivity contribution in [2.45, 2.75) is 19.8 Å². The summed E-state index contributed by atoms with van der Waals surface area (Å²) in [5, 5.41) is 5.69. The van der Waals surface area contributed by atoms with Crippen LogP contribution in [0.4, 0.5) is 11.4 Å². The van der Waals surface area contributed by atoms with E-state index in [9.17, 15) is 9.59 Å². The molecule has 1 heterocycles. The van der Waals surface area contributed by atoms with Crippen LogP contribution in [0.3, 0.4) is 0 Å². The van der Waals surface area contributed by atoms with E-state index in [1.54, 1.807) is 12.1 Å². The van der Waals surface area contributed by atoms with Crippen molar-refractivity contribution in [2.24, 2.45) is 0 Å². The first-order chi connectivity index (χ1) is 10.0. The Morgan fingerprint density at radius 1 is 1.19 bits per heavy atom. The Balaban J connectivity index is 1.83. The fourth-order valence-electron chi connectivity index (χ4n) is 2.48. The molecule has 21 heavy (non-hydrogen) atoms. The van der Waals surface area contributed by atoms with Gasteiger partial charge in [0, 0.05) is 16.9 Å². The van der Waals surface area contributed by atoms with Crippen molar-refractivity contribution in [2.75, 3.05) is 10.6 Å². The second-order valence-electron chi connectivity index (χ2n) is 5.34. The van der Waals surface area contributed by atoms with Crippen molar-refractivity contribution in [1.82, 2.24) is 0 Å². The third-order valence-corrected chi connectivity index (χ3v) is 3.71. The number of carbonyl (C=O) groups is 2. The number of fused-ring (bicyclic) bond motifs is 1. The van der Waals surface area contributed by atoms with Crippen LogP contribution in [0.1, 0.15) is 34.3 Å². The van der Waals surface area contributed by atoms with Gasteiger partial charge in [-0.05, 0) is 49.7 Å². The summed E-state index contributed by atoms with van der Waals surface area (Å²) in [5.41, 5.74) is 4.10. The minimum atomic E-state index is -0.184. The van der Waals surface area contributed by atoms with Crippen LogP contribution in [-0.4, -0.2) is 11.8 Å². The van der Waals surface area contributed by atoms with Gasteiger partial charge in [0.1, 0.15) is 0 Å². The van der Waals surface area contributed by atoms with Crippen LogP contribution in [0.25, 0.3) is 0 Å². The van der Waals surface area contributed by atoms with Gasteiger partial charge in [0.15, 0.2) is 0 Å². The average molecular weight is 280 g/mol. The lowest BCUT2D eigenvalue weighted by Gasteiger charge is -2.08. The standard InChI is InChI=1S/C17H16N2O2/c1-10-4-3-5-12(8-10)17(21)18-13-6-7-15-14(9-13)11(2)16(20)19-15/h3-9,11H,1-2H3,(H,18,21)(H,19,20). The van der Waals surface area contributed by atoms with Crippen molar-refractivity contribution in [3.63, 3.8) is 0 Å². The van der Waals surface area contributed by atoms with E-state index in [0.717, 1.165) is 16.8 Å². The molecule has 1 aliphatic rings. The predicted octanol–water partition coefficient (Wildman–Crippen LogP) is 3.30. The maximum absolute atomic E-state index is 12.2. The lowest BCUT2D eigenvalue weighted by molar-refractivity contribution is -0.116. The van der Waals surface area contributed by atoms with Crippen molar-refractivity contribution >= 4 is 23.2 Å². The summed E-state index contributed by atoms with van der Waals surface area (Å²) in [6, 6.07) is 12.9. The van der Waals surface area contributed by atoms with E-state index >= 15 is 0 Å². The van der Waals surface area contributed by atoms with Crippen molar-refractivity contribution in [3.05, 3.63) is 59.2 Å². The molecule has 4 heteroatoms. The number of anilines is 2. The first kappa shape index (κ1) is 13.4. The molecule has 2 N–H and O–H groups in total. The van der Waals surface area contributed by atoms with E-state index in [-0.39, 0.29) is 17.7 Å². The summed E-state index contributed by atoms with van der Waals surface area (Å²) in [6.07, 6.45) is 0. The quantitative estimate of drug-likeness (QED) is 0.886. The molecule has 0 spiro atoms. The van der Waals surface area contributed by atoms with E-state index in [4.69, 9.17) is 0 Å². The monoisotopic (exact) mass is 280 g/mol. The zero-order chi connectivity index (χ0) is 15.0. The van der Waals surface area contributed by atoms with Gasteiger partial charge in [-0.1, -0.05) is 17.7 Å². The molecule has 0 radical (unpaired) electrons. The molecular weight excluding hydrogens is 264 g/mol. The summed E-state index contributed by atoms with van der Waals surface area (Å²) in [6.45, 7) is 3.80. The Labute approximate surface area is 123 Å². The molecule has 0 fully saturated rings. The minimum Gasteiger partial charge on any atom is -0.325 e. The van der Waals surface area contributed by atoms with Gasteiger partial charge in [0.25, 0.3) is 5.91 Å². The molecule has 106 valence electrons. The molecule has 1 aliphatic heterocycles. The molecule has 2 amide bonds. The number of amides is 2. The third kappa shape index (κ3) is 2.52. The van der Waals surface area contributed by atoms with E-state index in [0.29, 0.717) is 11.3 Å². The molecule has 0 aliphatic carbocycles. The van der Waals surface area contributed by atoms with E-state index < -0.39 is 0 Å². The maximum Gasteiger partial charge on any atom is 0.255 e. The number of carbonyl (C=O) groups excluding carboxylic acids is 2. The van der Waals surface area contributed by atoms with Crippen LogP contribution >= 0.6 is 0 Å². The summed E-state index contributed by atoms with van der Waals surface area (Å²) in [5.74, 6) is -0.341. The zero-order valence-corrected chi connectivity index (χ0v) is 11.9. The molecule has 3 rings (SSSR count). The third-order valence-electron chi connectivity index (χ3n) is 3.71. The average Bonchev–Trinajstić information content (AvgIpc) is 2.74. The summed E-state index contributed by atoms with van der Waals surface area (Å²) in [7, 11) is 0. The second-order valence-corrected chi connectivity index (χ2v) is 5.34.